The second kappa shape index (κ2) is 8.83. The lowest BCUT2D eigenvalue weighted by Gasteiger charge is -2.13. The standard InChI is InChI=1S/C16H22BrN3O5S/c1-10(2)16-19-15(25-20-16)6-5-7-18-26(21,22)14-9-13(24-4)12(23-3)8-11(14)17/h8-10,18H,5-7H2,1-4H3. The van der Waals surface area contributed by atoms with Crippen LogP contribution < -0.4 is 14.2 Å². The number of halogens is 1. The fourth-order valence-electron chi connectivity index (χ4n) is 2.17. The minimum Gasteiger partial charge on any atom is -0.493 e. The number of hydrogen-bond acceptors (Lipinski definition) is 7. The normalized spacial score (nSPS) is 11.8. The third-order valence-corrected chi connectivity index (χ3v) is 6.01. The lowest BCUT2D eigenvalue weighted by atomic mass is 10.2. The van der Waals surface area contributed by atoms with Crippen molar-refractivity contribution in [3.63, 3.8) is 0 Å². The molecular formula is C16H22BrN3O5S. The average Bonchev–Trinajstić information content (AvgIpc) is 3.07. The number of benzene rings is 1. The number of sulfonamides is 1. The Balaban J connectivity index is 2.00. The largest absolute Gasteiger partial charge is 0.493 e. The smallest absolute Gasteiger partial charge is 0.241 e. The Kier molecular flexibility index (Phi) is 7.01. The maximum Gasteiger partial charge on any atom is 0.241 e. The Morgan fingerprint density at radius 1 is 1.23 bits per heavy atom. The van der Waals surface area contributed by atoms with E-state index in [1.54, 1.807) is 6.07 Å². The maximum absolute atomic E-state index is 12.5. The summed E-state index contributed by atoms with van der Waals surface area (Å²) in [5.74, 6) is 2.11. The van der Waals surface area contributed by atoms with Gasteiger partial charge in [0.05, 0.1) is 14.2 Å². The van der Waals surface area contributed by atoms with Crippen LogP contribution in [0.25, 0.3) is 0 Å². The van der Waals surface area contributed by atoms with E-state index >= 15 is 0 Å². The van der Waals surface area contributed by atoms with Crippen LogP contribution in [-0.2, 0) is 16.4 Å². The molecule has 0 fully saturated rings. The third kappa shape index (κ3) is 4.95. The molecule has 8 nitrogen and oxygen atoms in total. The van der Waals surface area contributed by atoms with Crippen molar-refractivity contribution in [3.8, 4) is 11.5 Å². The Morgan fingerprint density at radius 3 is 2.46 bits per heavy atom. The predicted octanol–water partition coefficient (Wildman–Crippen LogP) is 2.88. The fraction of sp³-hybridized carbons (Fsp3) is 0.500. The molecule has 10 heteroatoms. The van der Waals surface area contributed by atoms with E-state index in [1.807, 2.05) is 13.8 Å². The maximum atomic E-state index is 12.5. The lowest BCUT2D eigenvalue weighted by molar-refractivity contribution is 0.353. The van der Waals surface area contributed by atoms with Crippen LogP contribution in [0.1, 0.15) is 37.9 Å². The lowest BCUT2D eigenvalue weighted by Crippen LogP contribution is -2.25. The minimum atomic E-state index is -3.71. The highest BCUT2D eigenvalue weighted by molar-refractivity contribution is 9.10. The molecule has 0 atom stereocenters. The molecule has 0 saturated carbocycles. The van der Waals surface area contributed by atoms with Crippen LogP contribution in [0.3, 0.4) is 0 Å². The van der Waals surface area contributed by atoms with Gasteiger partial charge in [0.15, 0.2) is 17.3 Å². The van der Waals surface area contributed by atoms with E-state index in [9.17, 15) is 8.42 Å². The summed E-state index contributed by atoms with van der Waals surface area (Å²) in [7, 11) is -0.775. The molecule has 0 amide bonds. The molecule has 0 saturated heterocycles. The molecule has 0 spiro atoms. The molecule has 2 rings (SSSR count). The van der Waals surface area contributed by atoms with E-state index in [1.165, 1.54) is 20.3 Å². The van der Waals surface area contributed by atoms with E-state index in [0.29, 0.717) is 40.5 Å². The van der Waals surface area contributed by atoms with Crippen LogP contribution in [0, 0.1) is 0 Å². The van der Waals surface area contributed by atoms with E-state index in [0.717, 1.165) is 0 Å². The Labute approximate surface area is 161 Å². The predicted molar refractivity (Wildman–Crippen MR) is 99.1 cm³/mol. The van der Waals surface area contributed by atoms with Gasteiger partial charge in [0.25, 0.3) is 0 Å². The molecule has 1 aromatic heterocycles. The second-order valence-corrected chi connectivity index (χ2v) is 8.43. The van der Waals surface area contributed by atoms with E-state index in [4.69, 9.17) is 14.0 Å². The Bertz CT molecular complexity index is 852. The van der Waals surface area contributed by atoms with Gasteiger partial charge >= 0.3 is 0 Å². The van der Waals surface area contributed by atoms with Crippen molar-refractivity contribution in [2.24, 2.45) is 0 Å². The van der Waals surface area contributed by atoms with Crippen molar-refractivity contribution in [2.75, 3.05) is 20.8 Å². The summed E-state index contributed by atoms with van der Waals surface area (Å²) in [6.45, 7) is 4.19. The number of rotatable bonds is 9. The summed E-state index contributed by atoms with van der Waals surface area (Å²) >= 11 is 3.26. The summed E-state index contributed by atoms with van der Waals surface area (Å²) in [6.07, 6.45) is 1.03. The van der Waals surface area contributed by atoms with Crippen molar-refractivity contribution in [3.05, 3.63) is 28.3 Å². The molecule has 2 aromatic rings. The van der Waals surface area contributed by atoms with Crippen molar-refractivity contribution in [1.29, 1.82) is 0 Å². The van der Waals surface area contributed by atoms with Crippen LogP contribution in [0.2, 0.25) is 0 Å². The van der Waals surface area contributed by atoms with Crippen molar-refractivity contribution in [2.45, 2.75) is 37.5 Å². The topological polar surface area (TPSA) is 104 Å². The first-order chi connectivity index (χ1) is 12.3. The first kappa shape index (κ1) is 20.7. The van der Waals surface area contributed by atoms with Crippen molar-refractivity contribution >= 4 is 26.0 Å². The molecule has 26 heavy (non-hydrogen) atoms. The number of methoxy groups -OCH3 is 2. The highest BCUT2D eigenvalue weighted by atomic mass is 79.9. The summed E-state index contributed by atoms with van der Waals surface area (Å²) in [5.41, 5.74) is 0. The summed E-state index contributed by atoms with van der Waals surface area (Å²) in [4.78, 5) is 4.34. The highest BCUT2D eigenvalue weighted by Gasteiger charge is 2.21. The third-order valence-electron chi connectivity index (χ3n) is 3.59. The molecule has 1 heterocycles. The quantitative estimate of drug-likeness (QED) is 0.589. The van der Waals surface area contributed by atoms with Gasteiger partial charge in [-0.2, -0.15) is 4.98 Å². The van der Waals surface area contributed by atoms with Gasteiger partial charge in [0, 0.05) is 29.4 Å². The zero-order chi connectivity index (χ0) is 19.3. The van der Waals surface area contributed by atoms with Crippen molar-refractivity contribution < 1.29 is 22.4 Å². The molecule has 144 valence electrons. The molecule has 0 aliphatic heterocycles. The van der Waals surface area contributed by atoms with E-state index in [2.05, 4.69) is 30.8 Å². The number of ether oxygens (including phenoxy) is 2. The van der Waals surface area contributed by atoms with E-state index < -0.39 is 10.0 Å². The number of aryl methyl sites for hydroxylation is 1. The van der Waals surface area contributed by atoms with Gasteiger partial charge in [-0.1, -0.05) is 19.0 Å². The summed E-state index contributed by atoms with van der Waals surface area (Å²) in [6, 6.07) is 2.97. The zero-order valence-electron chi connectivity index (χ0n) is 15.1. The highest BCUT2D eigenvalue weighted by Crippen LogP contribution is 2.35. The van der Waals surface area contributed by atoms with Gasteiger partial charge in [-0.05, 0) is 28.4 Å². The molecular weight excluding hydrogens is 426 g/mol. The van der Waals surface area contributed by atoms with Crippen LogP contribution in [0.5, 0.6) is 11.5 Å². The van der Waals surface area contributed by atoms with Gasteiger partial charge in [-0.25, -0.2) is 13.1 Å². The van der Waals surface area contributed by atoms with Gasteiger partial charge < -0.3 is 14.0 Å². The van der Waals surface area contributed by atoms with Crippen LogP contribution in [-0.4, -0.2) is 39.3 Å². The summed E-state index contributed by atoms with van der Waals surface area (Å²) in [5, 5.41) is 3.88. The zero-order valence-corrected chi connectivity index (χ0v) is 17.5. The van der Waals surface area contributed by atoms with Gasteiger partial charge in [-0.3, -0.25) is 0 Å². The van der Waals surface area contributed by atoms with E-state index in [-0.39, 0.29) is 17.4 Å². The SMILES string of the molecule is COc1cc(Br)c(S(=O)(=O)NCCCc2nc(C(C)C)no2)cc1OC. The van der Waals surface area contributed by atoms with Gasteiger partial charge in [0.2, 0.25) is 15.9 Å². The number of aromatic nitrogens is 2. The Morgan fingerprint density at radius 2 is 1.88 bits per heavy atom. The van der Waals surface area contributed by atoms with Crippen molar-refractivity contribution in [1.82, 2.24) is 14.9 Å². The molecule has 0 unspecified atom stereocenters. The average molecular weight is 448 g/mol. The molecule has 0 aliphatic carbocycles. The minimum absolute atomic E-state index is 0.0787. The number of nitrogens with zero attached hydrogens (tertiary/aromatic N) is 2. The molecule has 1 aromatic carbocycles. The molecule has 1 N–H and O–H groups in total. The fourth-order valence-corrected chi connectivity index (χ4v) is 4.28. The molecule has 0 bridgehead atoms. The Hall–Kier alpha value is -1.65. The van der Waals surface area contributed by atoms with Crippen LogP contribution >= 0.6 is 15.9 Å². The van der Waals surface area contributed by atoms with Crippen LogP contribution in [0.15, 0.2) is 26.0 Å². The first-order valence-corrected chi connectivity index (χ1v) is 10.3. The van der Waals surface area contributed by atoms with Crippen LogP contribution in [0.4, 0.5) is 0 Å². The molecule has 0 aliphatic rings. The van der Waals surface area contributed by atoms with Gasteiger partial charge in [0.1, 0.15) is 4.90 Å². The molecule has 0 radical (unpaired) electrons. The first-order valence-electron chi connectivity index (χ1n) is 8.02. The van der Waals surface area contributed by atoms with Gasteiger partial charge in [-0.15, -0.1) is 0 Å². The second-order valence-electron chi connectivity index (χ2n) is 5.84. The summed E-state index contributed by atoms with van der Waals surface area (Å²) < 4.78 is 43.5. The monoisotopic (exact) mass is 447 g/mol. The number of nitrogens with one attached hydrogen (secondary N) is 1. The number of hydrogen-bond donors (Lipinski definition) is 1.